The van der Waals surface area contributed by atoms with Crippen molar-refractivity contribution in [2.24, 2.45) is 0 Å². The molecule has 0 heterocycles. The smallest absolute Gasteiger partial charge is 0.331 e. The summed E-state index contributed by atoms with van der Waals surface area (Å²) in [6, 6.07) is 0. The van der Waals surface area contributed by atoms with Gasteiger partial charge < -0.3 is 14.9 Å². The molecule has 0 bridgehead atoms. The summed E-state index contributed by atoms with van der Waals surface area (Å²) in [7, 11) is 0. The normalized spacial score (nSPS) is 13.0. The number of hydrogen-bond acceptors (Lipinski definition) is 3. The van der Waals surface area contributed by atoms with Gasteiger partial charge in [-0.05, 0) is 6.92 Å². The van der Waals surface area contributed by atoms with Crippen LogP contribution in [-0.4, -0.2) is 35.5 Å². The van der Waals surface area contributed by atoms with Crippen LogP contribution in [0.25, 0.3) is 0 Å². The molecule has 0 aliphatic rings. The van der Waals surface area contributed by atoms with Crippen molar-refractivity contribution in [1.29, 1.82) is 0 Å². The molecule has 0 aromatic carbocycles. The minimum absolute atomic E-state index is 0.00728. The molecule has 80 valence electrons. The fraction of sp³-hybridized carbons (Fsp3) is 0.500. The summed E-state index contributed by atoms with van der Waals surface area (Å²) in [5.74, 6) is -1.09. The summed E-state index contributed by atoms with van der Waals surface area (Å²) in [5.41, 5.74) is -0.00728. The van der Waals surface area contributed by atoms with E-state index in [2.05, 4.69) is 6.58 Å². The molecule has 0 aliphatic heterocycles. The molecule has 0 radical (unpaired) electrons. The Kier molecular flexibility index (Phi) is 6.70. The number of carboxylic acid groups (broad SMARTS) is 1. The van der Waals surface area contributed by atoms with E-state index < -0.39 is 12.1 Å². The molecule has 0 aliphatic carbocycles. The molecule has 0 saturated carbocycles. The topological polar surface area (TPSA) is 66.8 Å². The number of ether oxygens (including phenoxy) is 1. The molecule has 0 aromatic rings. The summed E-state index contributed by atoms with van der Waals surface area (Å²) in [5, 5.41) is 17.8. The average molecular weight is 200 g/mol. The number of rotatable bonds is 7. The van der Waals surface area contributed by atoms with Gasteiger partial charge in [-0.15, -0.1) is 0 Å². The lowest BCUT2D eigenvalue weighted by Crippen LogP contribution is -2.18. The molecule has 1 unspecified atom stereocenters. The number of carbonyl (C=O) groups is 1. The summed E-state index contributed by atoms with van der Waals surface area (Å²) in [6.07, 6.45) is 2.87. The first-order chi connectivity index (χ1) is 6.57. The van der Waals surface area contributed by atoms with Crippen LogP contribution < -0.4 is 0 Å². The van der Waals surface area contributed by atoms with Gasteiger partial charge in [0.05, 0.1) is 19.3 Å². The lowest BCUT2D eigenvalue weighted by molar-refractivity contribution is -0.133. The lowest BCUT2D eigenvalue weighted by Gasteiger charge is -2.09. The van der Waals surface area contributed by atoms with Gasteiger partial charge in [-0.2, -0.15) is 0 Å². The molecule has 14 heavy (non-hydrogen) atoms. The third-order valence-electron chi connectivity index (χ3n) is 1.54. The quantitative estimate of drug-likeness (QED) is 0.365. The maximum atomic E-state index is 10.3. The molecule has 0 saturated heterocycles. The molecule has 1 atom stereocenters. The van der Waals surface area contributed by atoms with Gasteiger partial charge in [-0.3, -0.25) is 0 Å². The van der Waals surface area contributed by atoms with Crippen molar-refractivity contribution >= 4 is 5.97 Å². The highest BCUT2D eigenvalue weighted by Gasteiger charge is 2.10. The number of carboxylic acids is 1. The second kappa shape index (κ2) is 7.29. The molecule has 2 N–H and O–H groups in total. The highest BCUT2D eigenvalue weighted by Crippen LogP contribution is 2.03. The zero-order chi connectivity index (χ0) is 11.0. The first kappa shape index (κ1) is 12.9. The Morgan fingerprint density at radius 3 is 2.79 bits per heavy atom. The van der Waals surface area contributed by atoms with Gasteiger partial charge in [-0.1, -0.05) is 18.7 Å². The zero-order valence-corrected chi connectivity index (χ0v) is 8.27. The fourth-order valence-electron chi connectivity index (χ4n) is 0.799. The molecule has 4 nitrogen and oxygen atoms in total. The number of allylic oxidation sites excluding steroid dienone is 1. The van der Waals surface area contributed by atoms with Crippen LogP contribution in [0.15, 0.2) is 24.3 Å². The Labute approximate surface area is 83.5 Å². The Morgan fingerprint density at radius 2 is 2.29 bits per heavy atom. The molecular weight excluding hydrogens is 184 g/mol. The highest BCUT2D eigenvalue weighted by molar-refractivity contribution is 5.85. The predicted molar refractivity (Wildman–Crippen MR) is 53.0 cm³/mol. The van der Waals surface area contributed by atoms with Gasteiger partial charge in [0.15, 0.2) is 0 Å². The first-order valence-electron chi connectivity index (χ1n) is 4.36. The van der Waals surface area contributed by atoms with Gasteiger partial charge in [0, 0.05) is 12.0 Å². The Bertz CT molecular complexity index is 220. The van der Waals surface area contributed by atoms with Crippen LogP contribution in [0, 0.1) is 0 Å². The van der Waals surface area contributed by atoms with Crippen molar-refractivity contribution in [2.45, 2.75) is 19.4 Å². The van der Waals surface area contributed by atoms with Crippen molar-refractivity contribution in [1.82, 2.24) is 0 Å². The van der Waals surface area contributed by atoms with Crippen LogP contribution in [0.1, 0.15) is 13.3 Å². The summed E-state index contributed by atoms with van der Waals surface area (Å²) in [6.45, 7) is 5.72. The van der Waals surface area contributed by atoms with Gasteiger partial charge >= 0.3 is 5.97 Å². The van der Waals surface area contributed by atoms with Crippen LogP contribution in [0.5, 0.6) is 0 Å². The summed E-state index contributed by atoms with van der Waals surface area (Å²) in [4.78, 5) is 10.3. The second-order valence-corrected chi connectivity index (χ2v) is 2.87. The van der Waals surface area contributed by atoms with E-state index in [1.165, 1.54) is 0 Å². The van der Waals surface area contributed by atoms with Gasteiger partial charge in [0.25, 0.3) is 0 Å². The van der Waals surface area contributed by atoms with Crippen molar-refractivity contribution in [2.75, 3.05) is 13.2 Å². The van der Waals surface area contributed by atoms with E-state index in [1.54, 1.807) is 6.08 Å². The van der Waals surface area contributed by atoms with Crippen molar-refractivity contribution in [3.8, 4) is 0 Å². The van der Waals surface area contributed by atoms with E-state index in [-0.39, 0.29) is 18.6 Å². The summed E-state index contributed by atoms with van der Waals surface area (Å²) < 4.78 is 5.05. The van der Waals surface area contributed by atoms with E-state index in [0.717, 1.165) is 0 Å². The molecular formula is C10H16O4. The van der Waals surface area contributed by atoms with Crippen LogP contribution in [-0.2, 0) is 9.53 Å². The largest absolute Gasteiger partial charge is 0.478 e. The molecule has 0 rings (SSSR count). The number of aliphatic hydroxyl groups excluding tert-OH is 1. The number of hydrogen-bond donors (Lipinski definition) is 2. The van der Waals surface area contributed by atoms with E-state index in [0.29, 0.717) is 6.61 Å². The minimum atomic E-state index is -1.09. The van der Waals surface area contributed by atoms with Crippen molar-refractivity contribution < 1.29 is 19.7 Å². The molecule has 0 spiro atoms. The van der Waals surface area contributed by atoms with Gasteiger partial charge in [-0.25, -0.2) is 4.79 Å². The first-order valence-corrected chi connectivity index (χ1v) is 4.36. The van der Waals surface area contributed by atoms with Gasteiger partial charge in [0.1, 0.15) is 0 Å². The van der Waals surface area contributed by atoms with E-state index >= 15 is 0 Å². The predicted octanol–water partition coefficient (Wildman–Crippen LogP) is 0.971. The van der Waals surface area contributed by atoms with Crippen LogP contribution in [0.3, 0.4) is 0 Å². The average Bonchev–Trinajstić information content (AvgIpc) is 2.12. The monoisotopic (exact) mass is 200 g/mol. The Balaban J connectivity index is 3.60. The molecule has 0 amide bonds. The SMILES string of the molecule is C=C(CC(O)COC/C=C/C)C(=O)O. The number of aliphatic carboxylic acids is 1. The van der Waals surface area contributed by atoms with Gasteiger partial charge in [0.2, 0.25) is 0 Å². The van der Waals surface area contributed by atoms with E-state index in [4.69, 9.17) is 9.84 Å². The number of aliphatic hydroxyl groups is 1. The Morgan fingerprint density at radius 1 is 1.64 bits per heavy atom. The zero-order valence-electron chi connectivity index (χ0n) is 8.27. The van der Waals surface area contributed by atoms with E-state index in [1.807, 2.05) is 13.0 Å². The lowest BCUT2D eigenvalue weighted by atomic mass is 10.1. The fourth-order valence-corrected chi connectivity index (χ4v) is 0.799. The van der Waals surface area contributed by atoms with E-state index in [9.17, 15) is 9.90 Å². The summed E-state index contributed by atoms with van der Waals surface area (Å²) >= 11 is 0. The van der Waals surface area contributed by atoms with Crippen molar-refractivity contribution in [3.05, 3.63) is 24.3 Å². The molecule has 4 heteroatoms. The van der Waals surface area contributed by atoms with Crippen LogP contribution in [0.4, 0.5) is 0 Å². The molecule has 0 fully saturated rings. The minimum Gasteiger partial charge on any atom is -0.478 e. The third-order valence-corrected chi connectivity index (χ3v) is 1.54. The Hall–Kier alpha value is -1.13. The van der Waals surface area contributed by atoms with Crippen LogP contribution >= 0.6 is 0 Å². The van der Waals surface area contributed by atoms with Crippen LogP contribution in [0.2, 0.25) is 0 Å². The maximum Gasteiger partial charge on any atom is 0.331 e. The molecule has 0 aromatic heterocycles. The second-order valence-electron chi connectivity index (χ2n) is 2.87. The van der Waals surface area contributed by atoms with Crippen molar-refractivity contribution in [3.63, 3.8) is 0 Å². The highest BCUT2D eigenvalue weighted by atomic mass is 16.5. The standard InChI is InChI=1S/C10H16O4/c1-3-4-5-14-7-9(11)6-8(2)10(12)13/h3-4,9,11H,2,5-7H2,1H3,(H,12,13)/b4-3+. The maximum absolute atomic E-state index is 10.3. The third kappa shape index (κ3) is 6.39.